The van der Waals surface area contributed by atoms with Crippen LogP contribution in [0.2, 0.25) is 0 Å². The average molecular weight is 343 g/mol. The summed E-state index contributed by atoms with van der Waals surface area (Å²) in [5.74, 6) is 0.676. The summed E-state index contributed by atoms with van der Waals surface area (Å²) in [5, 5.41) is 4.26. The number of nitrogens with one attached hydrogen (secondary N) is 1. The topological polar surface area (TPSA) is 86.5 Å². The predicted octanol–water partition coefficient (Wildman–Crippen LogP) is 2.64. The molecule has 0 bridgehead atoms. The number of ether oxygens (including phenoxy) is 2. The molecule has 0 unspecified atom stereocenters. The van der Waals surface area contributed by atoms with Gasteiger partial charge in [-0.3, -0.25) is 9.78 Å². The fourth-order valence-electron chi connectivity index (χ4n) is 3.05. The smallest absolute Gasteiger partial charge is 0.252 e. The molecule has 2 atom stereocenters. The highest BCUT2D eigenvalue weighted by atomic mass is 16.5. The molecule has 2 heterocycles. The molecule has 25 heavy (non-hydrogen) atoms. The van der Waals surface area contributed by atoms with Crippen molar-refractivity contribution in [3.05, 3.63) is 30.0 Å². The molecule has 3 rings (SSSR count). The molecule has 1 amide bonds. The molecular weight excluding hydrogens is 318 g/mol. The Morgan fingerprint density at radius 3 is 2.76 bits per heavy atom. The molecule has 1 saturated heterocycles. The van der Waals surface area contributed by atoms with E-state index in [2.05, 4.69) is 17.2 Å². The van der Waals surface area contributed by atoms with Crippen molar-refractivity contribution in [3.8, 4) is 11.5 Å². The van der Waals surface area contributed by atoms with Gasteiger partial charge in [0.2, 0.25) is 0 Å². The van der Waals surface area contributed by atoms with Crippen LogP contribution in [0.25, 0.3) is 10.9 Å². The van der Waals surface area contributed by atoms with Crippen LogP contribution in [0.5, 0.6) is 11.5 Å². The van der Waals surface area contributed by atoms with Gasteiger partial charge in [0, 0.05) is 24.2 Å². The second-order valence-electron chi connectivity index (χ2n) is 6.83. The quantitative estimate of drug-likeness (QED) is 0.871. The van der Waals surface area contributed by atoms with E-state index in [4.69, 9.17) is 15.2 Å². The standard InChI is InChI=1S/C19H25N3O3/c1-11(2)24-18-9-14-16(8-15(18)19(20)23)21-7-6-17(14)25-13-5-4-12(3)22-10-13/h6-9,11-13,22H,4-5,10H2,1-3H3,(H2,20,23)/t12-,13+/m0/s1. The molecule has 3 N–H and O–H groups in total. The van der Waals surface area contributed by atoms with Crippen LogP contribution in [0.1, 0.15) is 44.0 Å². The lowest BCUT2D eigenvalue weighted by Crippen LogP contribution is -2.42. The molecule has 0 radical (unpaired) electrons. The Hall–Kier alpha value is -2.34. The predicted molar refractivity (Wildman–Crippen MR) is 97.1 cm³/mol. The number of pyridine rings is 1. The number of rotatable bonds is 5. The van der Waals surface area contributed by atoms with E-state index in [0.717, 1.165) is 30.5 Å². The van der Waals surface area contributed by atoms with Crippen molar-refractivity contribution in [2.45, 2.75) is 51.9 Å². The van der Waals surface area contributed by atoms with Crippen LogP contribution in [0.3, 0.4) is 0 Å². The van der Waals surface area contributed by atoms with Gasteiger partial charge in [-0.15, -0.1) is 0 Å². The van der Waals surface area contributed by atoms with Gasteiger partial charge in [0.15, 0.2) is 0 Å². The fraction of sp³-hybridized carbons (Fsp3) is 0.474. The summed E-state index contributed by atoms with van der Waals surface area (Å²) in [7, 11) is 0. The lowest BCUT2D eigenvalue weighted by Gasteiger charge is -2.28. The summed E-state index contributed by atoms with van der Waals surface area (Å²) in [6.45, 7) is 6.81. The van der Waals surface area contributed by atoms with Gasteiger partial charge in [-0.05, 0) is 51.8 Å². The van der Waals surface area contributed by atoms with Gasteiger partial charge in [0.25, 0.3) is 5.91 Å². The number of fused-ring (bicyclic) bond motifs is 1. The molecule has 1 aliphatic heterocycles. The zero-order valence-electron chi connectivity index (χ0n) is 14.9. The van der Waals surface area contributed by atoms with Crippen molar-refractivity contribution in [1.82, 2.24) is 10.3 Å². The van der Waals surface area contributed by atoms with Gasteiger partial charge >= 0.3 is 0 Å². The molecule has 134 valence electrons. The fourth-order valence-corrected chi connectivity index (χ4v) is 3.05. The minimum atomic E-state index is -0.531. The summed E-state index contributed by atoms with van der Waals surface area (Å²) >= 11 is 0. The minimum Gasteiger partial charge on any atom is -0.490 e. The average Bonchev–Trinajstić information content (AvgIpc) is 2.56. The largest absolute Gasteiger partial charge is 0.490 e. The van der Waals surface area contributed by atoms with Gasteiger partial charge in [-0.2, -0.15) is 0 Å². The molecule has 2 aromatic rings. The summed E-state index contributed by atoms with van der Waals surface area (Å²) in [6, 6.07) is 5.85. The molecule has 0 aliphatic carbocycles. The van der Waals surface area contributed by atoms with E-state index in [-0.39, 0.29) is 12.2 Å². The van der Waals surface area contributed by atoms with E-state index in [0.29, 0.717) is 22.9 Å². The van der Waals surface area contributed by atoms with Gasteiger partial charge in [0.1, 0.15) is 17.6 Å². The van der Waals surface area contributed by atoms with Crippen LogP contribution in [0.15, 0.2) is 24.4 Å². The molecule has 6 nitrogen and oxygen atoms in total. The first-order valence-electron chi connectivity index (χ1n) is 8.73. The highest BCUT2D eigenvalue weighted by Crippen LogP contribution is 2.32. The Morgan fingerprint density at radius 1 is 1.32 bits per heavy atom. The number of aromatic nitrogens is 1. The summed E-state index contributed by atoms with van der Waals surface area (Å²) < 4.78 is 12.0. The van der Waals surface area contributed by atoms with Crippen molar-refractivity contribution in [2.24, 2.45) is 5.73 Å². The third kappa shape index (κ3) is 4.02. The van der Waals surface area contributed by atoms with Crippen molar-refractivity contribution >= 4 is 16.8 Å². The van der Waals surface area contributed by atoms with Gasteiger partial charge in [0.05, 0.1) is 17.2 Å². The van der Waals surface area contributed by atoms with E-state index >= 15 is 0 Å². The van der Waals surface area contributed by atoms with E-state index < -0.39 is 5.91 Å². The van der Waals surface area contributed by atoms with Gasteiger partial charge < -0.3 is 20.5 Å². The maximum absolute atomic E-state index is 11.8. The third-order valence-electron chi connectivity index (χ3n) is 4.34. The minimum absolute atomic E-state index is 0.0689. The SMILES string of the molecule is CC(C)Oc1cc2c(O[C@@H]3CC[C@H](C)NC3)ccnc2cc1C(N)=O. The van der Waals surface area contributed by atoms with Crippen molar-refractivity contribution in [1.29, 1.82) is 0 Å². The molecule has 0 spiro atoms. The normalized spacial score (nSPS) is 20.6. The second-order valence-corrected chi connectivity index (χ2v) is 6.83. The Morgan fingerprint density at radius 2 is 2.12 bits per heavy atom. The number of amides is 1. The van der Waals surface area contributed by atoms with E-state index in [1.807, 2.05) is 19.9 Å². The van der Waals surface area contributed by atoms with Crippen LogP contribution in [0, 0.1) is 0 Å². The molecule has 1 aliphatic rings. The van der Waals surface area contributed by atoms with Gasteiger partial charge in [-0.1, -0.05) is 0 Å². The van der Waals surface area contributed by atoms with E-state index in [1.165, 1.54) is 0 Å². The van der Waals surface area contributed by atoms with Crippen LogP contribution < -0.4 is 20.5 Å². The van der Waals surface area contributed by atoms with Crippen molar-refractivity contribution in [3.63, 3.8) is 0 Å². The second kappa shape index (κ2) is 7.27. The highest BCUT2D eigenvalue weighted by Gasteiger charge is 2.21. The highest BCUT2D eigenvalue weighted by molar-refractivity contribution is 6.01. The maximum Gasteiger partial charge on any atom is 0.252 e. The van der Waals surface area contributed by atoms with Crippen LogP contribution in [-0.4, -0.2) is 35.7 Å². The Bertz CT molecular complexity index is 768. The number of primary amides is 1. The number of hydrogen-bond donors (Lipinski definition) is 2. The monoisotopic (exact) mass is 343 g/mol. The number of hydrogen-bond acceptors (Lipinski definition) is 5. The van der Waals surface area contributed by atoms with Crippen molar-refractivity contribution in [2.75, 3.05) is 6.54 Å². The molecule has 0 saturated carbocycles. The first-order chi connectivity index (χ1) is 11.9. The number of benzene rings is 1. The van der Waals surface area contributed by atoms with Crippen LogP contribution in [0.4, 0.5) is 0 Å². The summed E-state index contributed by atoms with van der Waals surface area (Å²) in [6.07, 6.45) is 3.82. The maximum atomic E-state index is 11.8. The number of piperidine rings is 1. The van der Waals surface area contributed by atoms with Crippen LogP contribution in [-0.2, 0) is 0 Å². The number of nitrogens with zero attached hydrogens (tertiary/aromatic N) is 1. The van der Waals surface area contributed by atoms with Crippen molar-refractivity contribution < 1.29 is 14.3 Å². The Kier molecular flexibility index (Phi) is 5.08. The first-order valence-corrected chi connectivity index (χ1v) is 8.73. The lowest BCUT2D eigenvalue weighted by atomic mass is 10.0. The molecule has 1 fully saturated rings. The number of nitrogens with two attached hydrogens (primary N) is 1. The Labute approximate surface area is 147 Å². The molecule has 1 aromatic heterocycles. The van der Waals surface area contributed by atoms with E-state index in [1.54, 1.807) is 18.3 Å². The first kappa shape index (κ1) is 17.5. The summed E-state index contributed by atoms with van der Waals surface area (Å²) in [5.41, 5.74) is 6.49. The van der Waals surface area contributed by atoms with Crippen LogP contribution >= 0.6 is 0 Å². The lowest BCUT2D eigenvalue weighted by molar-refractivity contribution is 0.0994. The zero-order chi connectivity index (χ0) is 18.0. The molecular formula is C19H25N3O3. The number of carbonyl (C=O) groups is 1. The van der Waals surface area contributed by atoms with Gasteiger partial charge in [-0.25, -0.2) is 0 Å². The molecule has 6 heteroatoms. The van der Waals surface area contributed by atoms with E-state index in [9.17, 15) is 4.79 Å². The zero-order valence-corrected chi connectivity index (χ0v) is 14.9. The molecule has 1 aromatic carbocycles. The Balaban J connectivity index is 1.97. The third-order valence-corrected chi connectivity index (χ3v) is 4.34. The summed E-state index contributed by atoms with van der Waals surface area (Å²) in [4.78, 5) is 16.1. The number of carbonyl (C=O) groups excluding carboxylic acids is 1.